The maximum absolute atomic E-state index is 12.1. The van der Waals surface area contributed by atoms with E-state index >= 15 is 0 Å². The van der Waals surface area contributed by atoms with Gasteiger partial charge in [0.15, 0.2) is 0 Å². The lowest BCUT2D eigenvalue weighted by Crippen LogP contribution is -2.27. The molecule has 3 rings (SSSR count). The molecule has 0 spiro atoms. The van der Waals surface area contributed by atoms with Gasteiger partial charge in [-0.15, -0.1) is 5.10 Å². The Morgan fingerprint density at radius 2 is 2.32 bits per heavy atom. The number of thioether (sulfide) groups is 1. The number of aryl methyl sites for hydroxylation is 2. The Kier molecular flexibility index (Phi) is 4.72. The number of hydrogen-bond donors (Lipinski definition) is 1. The second-order valence-corrected chi connectivity index (χ2v) is 6.48. The summed E-state index contributed by atoms with van der Waals surface area (Å²) in [6, 6.07) is 8.44. The summed E-state index contributed by atoms with van der Waals surface area (Å²) in [5, 5.41) is 15.0. The van der Waals surface area contributed by atoms with Crippen LogP contribution in [0.3, 0.4) is 0 Å². The maximum Gasteiger partial charge on any atom is 0.220 e. The summed E-state index contributed by atoms with van der Waals surface area (Å²) in [4.78, 5) is 12.1. The highest BCUT2D eigenvalue weighted by atomic mass is 32.2. The fourth-order valence-electron chi connectivity index (χ4n) is 2.83. The second-order valence-electron chi connectivity index (χ2n) is 5.42. The Hall–Kier alpha value is -1.89. The van der Waals surface area contributed by atoms with Gasteiger partial charge in [-0.2, -0.15) is 0 Å². The summed E-state index contributed by atoms with van der Waals surface area (Å²) >= 11 is 1.54. The van der Waals surface area contributed by atoms with Gasteiger partial charge in [-0.3, -0.25) is 4.79 Å². The number of rotatable bonds is 6. The summed E-state index contributed by atoms with van der Waals surface area (Å²) in [7, 11) is 1.80. The Labute approximate surface area is 133 Å². The average Bonchev–Trinajstić information content (AvgIpc) is 3.11. The van der Waals surface area contributed by atoms with E-state index in [1.807, 2.05) is 0 Å². The maximum atomic E-state index is 12.1. The number of tetrazole rings is 1. The van der Waals surface area contributed by atoms with Gasteiger partial charge in [-0.25, -0.2) is 4.68 Å². The number of carbonyl (C=O) groups excluding carboxylic acids is 1. The van der Waals surface area contributed by atoms with Crippen LogP contribution in [0.25, 0.3) is 0 Å². The van der Waals surface area contributed by atoms with E-state index in [2.05, 4.69) is 45.1 Å². The lowest BCUT2D eigenvalue weighted by Gasteiger charge is -2.11. The minimum Gasteiger partial charge on any atom is -0.355 e. The summed E-state index contributed by atoms with van der Waals surface area (Å²) in [6.07, 6.45) is 2.74. The second kappa shape index (κ2) is 6.91. The van der Waals surface area contributed by atoms with Crippen LogP contribution in [0, 0.1) is 0 Å². The largest absolute Gasteiger partial charge is 0.355 e. The molecule has 1 aliphatic carbocycles. The van der Waals surface area contributed by atoms with Crippen LogP contribution < -0.4 is 5.32 Å². The normalized spacial score (nSPS) is 16.5. The summed E-state index contributed by atoms with van der Waals surface area (Å²) in [5.74, 6) is 1.26. The van der Waals surface area contributed by atoms with Gasteiger partial charge in [-0.05, 0) is 40.3 Å². The Morgan fingerprint density at radius 1 is 1.45 bits per heavy atom. The Morgan fingerprint density at radius 3 is 3.14 bits per heavy atom. The molecule has 2 aromatic rings. The lowest BCUT2D eigenvalue weighted by molar-refractivity contribution is -0.121. The van der Waals surface area contributed by atoms with E-state index in [4.69, 9.17) is 0 Å². The molecule has 0 aliphatic heterocycles. The van der Waals surface area contributed by atoms with Gasteiger partial charge in [0.2, 0.25) is 11.1 Å². The smallest absolute Gasteiger partial charge is 0.220 e. The Bertz CT molecular complexity index is 657. The number of nitrogens with zero attached hydrogens (tertiary/aromatic N) is 4. The van der Waals surface area contributed by atoms with Crippen molar-refractivity contribution in [2.75, 3.05) is 12.3 Å². The number of carbonyl (C=O) groups is 1. The summed E-state index contributed by atoms with van der Waals surface area (Å²) in [5.41, 5.74) is 2.74. The molecule has 1 amide bonds. The highest BCUT2D eigenvalue weighted by molar-refractivity contribution is 7.99. The van der Waals surface area contributed by atoms with E-state index in [0.717, 1.165) is 23.8 Å². The molecule has 0 fully saturated rings. The van der Waals surface area contributed by atoms with Crippen LogP contribution in [0.4, 0.5) is 0 Å². The van der Waals surface area contributed by atoms with Crippen molar-refractivity contribution >= 4 is 17.7 Å². The minimum atomic E-state index is 0.124. The number of aromatic nitrogens is 4. The highest BCUT2D eigenvalue weighted by Crippen LogP contribution is 2.34. The van der Waals surface area contributed by atoms with Gasteiger partial charge < -0.3 is 5.32 Å². The number of amides is 1. The van der Waals surface area contributed by atoms with Gasteiger partial charge in [0, 0.05) is 25.8 Å². The van der Waals surface area contributed by atoms with E-state index in [1.165, 1.54) is 22.9 Å². The number of benzene rings is 1. The molecular weight excluding hydrogens is 298 g/mol. The SMILES string of the molecule is Cn1nnnc1SCCNC(=O)CC1CCc2ccccc21. The molecule has 1 unspecified atom stereocenters. The third-order valence-corrected chi connectivity index (χ3v) is 4.94. The van der Waals surface area contributed by atoms with Crippen molar-refractivity contribution < 1.29 is 4.79 Å². The van der Waals surface area contributed by atoms with E-state index in [-0.39, 0.29) is 5.91 Å². The number of fused-ring (bicyclic) bond motifs is 1. The quantitative estimate of drug-likeness (QED) is 0.646. The van der Waals surface area contributed by atoms with Crippen LogP contribution in [0.1, 0.15) is 29.9 Å². The molecule has 1 heterocycles. The first-order valence-electron chi connectivity index (χ1n) is 7.43. The standard InChI is InChI=1S/C15H19N5OS/c1-20-15(17-18-19-20)22-9-8-16-14(21)10-12-7-6-11-4-2-3-5-13(11)12/h2-5,12H,6-10H2,1H3,(H,16,21). The minimum absolute atomic E-state index is 0.124. The molecular formula is C15H19N5OS. The molecule has 0 saturated carbocycles. The monoisotopic (exact) mass is 317 g/mol. The third-order valence-electron chi connectivity index (χ3n) is 3.93. The first-order chi connectivity index (χ1) is 10.7. The molecule has 7 heteroatoms. The molecule has 1 aromatic carbocycles. The molecule has 1 N–H and O–H groups in total. The van der Waals surface area contributed by atoms with Crippen LogP contribution in [0.2, 0.25) is 0 Å². The zero-order chi connectivity index (χ0) is 15.4. The van der Waals surface area contributed by atoms with Gasteiger partial charge in [0.25, 0.3) is 0 Å². The van der Waals surface area contributed by atoms with Crippen molar-refractivity contribution in [3.63, 3.8) is 0 Å². The van der Waals surface area contributed by atoms with Crippen LogP contribution in [-0.2, 0) is 18.3 Å². The van der Waals surface area contributed by atoms with Crippen molar-refractivity contribution in [2.45, 2.75) is 30.3 Å². The van der Waals surface area contributed by atoms with Crippen LogP contribution in [0.15, 0.2) is 29.4 Å². The molecule has 0 radical (unpaired) electrons. The number of nitrogens with one attached hydrogen (secondary N) is 1. The van der Waals surface area contributed by atoms with Crippen molar-refractivity contribution in [1.29, 1.82) is 0 Å². The van der Waals surface area contributed by atoms with E-state index in [9.17, 15) is 4.79 Å². The molecule has 22 heavy (non-hydrogen) atoms. The van der Waals surface area contributed by atoms with E-state index < -0.39 is 0 Å². The van der Waals surface area contributed by atoms with Gasteiger partial charge in [-0.1, -0.05) is 36.0 Å². The molecule has 1 aromatic heterocycles. The van der Waals surface area contributed by atoms with Crippen LogP contribution in [0.5, 0.6) is 0 Å². The van der Waals surface area contributed by atoms with Crippen molar-refractivity contribution in [3.8, 4) is 0 Å². The van der Waals surface area contributed by atoms with Crippen molar-refractivity contribution in [3.05, 3.63) is 35.4 Å². The van der Waals surface area contributed by atoms with Crippen LogP contribution >= 0.6 is 11.8 Å². The van der Waals surface area contributed by atoms with Gasteiger partial charge >= 0.3 is 0 Å². The predicted molar refractivity (Wildman–Crippen MR) is 84.7 cm³/mol. The van der Waals surface area contributed by atoms with Gasteiger partial charge in [0.1, 0.15) is 0 Å². The molecule has 1 aliphatic rings. The molecule has 116 valence electrons. The molecule has 6 nitrogen and oxygen atoms in total. The molecule has 0 bridgehead atoms. The van der Waals surface area contributed by atoms with E-state index in [0.29, 0.717) is 18.9 Å². The number of hydrogen-bond acceptors (Lipinski definition) is 5. The summed E-state index contributed by atoms with van der Waals surface area (Å²) in [6.45, 7) is 0.630. The van der Waals surface area contributed by atoms with Crippen molar-refractivity contribution in [2.24, 2.45) is 7.05 Å². The Balaban J connectivity index is 1.41. The fourth-order valence-corrected chi connectivity index (χ4v) is 3.53. The molecule has 0 saturated heterocycles. The zero-order valence-electron chi connectivity index (χ0n) is 12.5. The van der Waals surface area contributed by atoms with E-state index in [1.54, 1.807) is 11.7 Å². The van der Waals surface area contributed by atoms with Gasteiger partial charge in [0.05, 0.1) is 0 Å². The fraction of sp³-hybridized carbons (Fsp3) is 0.467. The zero-order valence-corrected chi connectivity index (χ0v) is 13.3. The highest BCUT2D eigenvalue weighted by Gasteiger charge is 2.23. The van der Waals surface area contributed by atoms with Crippen molar-refractivity contribution in [1.82, 2.24) is 25.5 Å². The predicted octanol–water partition coefficient (Wildman–Crippen LogP) is 1.54. The average molecular weight is 317 g/mol. The lowest BCUT2D eigenvalue weighted by atomic mass is 9.97. The first kappa shape index (κ1) is 15.0. The topological polar surface area (TPSA) is 72.7 Å². The summed E-state index contributed by atoms with van der Waals surface area (Å²) < 4.78 is 1.63. The third kappa shape index (κ3) is 3.47. The van der Waals surface area contributed by atoms with Crippen LogP contribution in [-0.4, -0.2) is 38.4 Å². The first-order valence-corrected chi connectivity index (χ1v) is 8.42. The molecule has 1 atom stereocenters.